The van der Waals surface area contributed by atoms with E-state index in [1.54, 1.807) is 5.38 Å². The third-order valence-electron chi connectivity index (χ3n) is 3.42. The Morgan fingerprint density at radius 2 is 1.74 bits per heavy atom. The molecule has 2 aromatic carbocycles. The molecule has 3 rings (SSSR count). The number of hydrogen-bond acceptors (Lipinski definition) is 7. The Morgan fingerprint density at radius 3 is 2.30 bits per heavy atom. The number of benzene rings is 2. The first-order valence-electron chi connectivity index (χ1n) is 7.43. The number of carbonyl (C=O) groups excluding carboxylic acids is 1. The van der Waals surface area contributed by atoms with E-state index in [2.05, 4.69) is 15.0 Å². The van der Waals surface area contributed by atoms with Gasteiger partial charge in [-0.25, -0.2) is 13.4 Å². The number of non-ortho nitro benzene ring substituents is 1. The van der Waals surface area contributed by atoms with E-state index in [-0.39, 0.29) is 21.3 Å². The van der Waals surface area contributed by atoms with Gasteiger partial charge in [0.1, 0.15) is 0 Å². The number of thiazole rings is 1. The molecule has 0 unspecified atom stereocenters. The average molecular weight is 404 g/mol. The van der Waals surface area contributed by atoms with E-state index in [9.17, 15) is 23.3 Å². The summed E-state index contributed by atoms with van der Waals surface area (Å²) in [5, 5.41) is 15.1. The van der Waals surface area contributed by atoms with E-state index in [4.69, 9.17) is 0 Å². The molecule has 0 spiro atoms. The highest BCUT2D eigenvalue weighted by Crippen LogP contribution is 2.20. The Labute approximate surface area is 157 Å². The quantitative estimate of drug-likeness (QED) is 0.479. The fourth-order valence-electron chi connectivity index (χ4n) is 2.10. The Morgan fingerprint density at radius 1 is 1.07 bits per heavy atom. The molecule has 27 heavy (non-hydrogen) atoms. The van der Waals surface area contributed by atoms with Crippen LogP contribution in [-0.2, 0) is 10.0 Å². The third kappa shape index (κ3) is 4.46. The first-order valence-corrected chi connectivity index (χ1v) is 9.79. The van der Waals surface area contributed by atoms with Crippen LogP contribution in [-0.4, -0.2) is 24.2 Å². The SMILES string of the molecule is O=C(Nc1ccc(S(=O)(=O)Nc2nccs2)cc1)c1ccc([N+](=O)[O-])cc1. The second-order valence-electron chi connectivity index (χ2n) is 5.23. The Balaban J connectivity index is 1.70. The van der Waals surface area contributed by atoms with Crippen molar-refractivity contribution in [3.8, 4) is 0 Å². The van der Waals surface area contributed by atoms with Crippen molar-refractivity contribution in [3.63, 3.8) is 0 Å². The molecule has 3 aromatic rings. The van der Waals surface area contributed by atoms with Gasteiger partial charge in [-0.3, -0.25) is 19.6 Å². The maximum absolute atomic E-state index is 12.3. The van der Waals surface area contributed by atoms with Crippen molar-refractivity contribution in [1.82, 2.24) is 4.98 Å². The minimum Gasteiger partial charge on any atom is -0.322 e. The third-order valence-corrected chi connectivity index (χ3v) is 5.59. The lowest BCUT2D eigenvalue weighted by Gasteiger charge is -2.08. The summed E-state index contributed by atoms with van der Waals surface area (Å²) in [5.74, 6) is -0.471. The monoisotopic (exact) mass is 404 g/mol. The highest BCUT2D eigenvalue weighted by atomic mass is 32.2. The molecular formula is C16H12N4O5S2. The van der Waals surface area contributed by atoms with Gasteiger partial charge in [0.2, 0.25) is 0 Å². The molecule has 1 heterocycles. The molecule has 1 aromatic heterocycles. The van der Waals surface area contributed by atoms with Gasteiger partial charge >= 0.3 is 0 Å². The van der Waals surface area contributed by atoms with Crippen LogP contribution in [0.2, 0.25) is 0 Å². The number of nitrogens with zero attached hydrogens (tertiary/aromatic N) is 2. The topological polar surface area (TPSA) is 131 Å². The molecule has 9 nitrogen and oxygen atoms in total. The van der Waals surface area contributed by atoms with Crippen molar-refractivity contribution in [2.24, 2.45) is 0 Å². The van der Waals surface area contributed by atoms with Crippen LogP contribution in [0.5, 0.6) is 0 Å². The summed E-state index contributed by atoms with van der Waals surface area (Å²) in [7, 11) is -3.77. The highest BCUT2D eigenvalue weighted by molar-refractivity contribution is 7.93. The number of rotatable bonds is 6. The number of nitro benzene ring substituents is 1. The predicted octanol–water partition coefficient (Wildman–Crippen LogP) is 3.10. The summed E-state index contributed by atoms with van der Waals surface area (Å²) in [6.07, 6.45) is 1.49. The molecule has 0 aliphatic carbocycles. The smallest absolute Gasteiger partial charge is 0.269 e. The number of amides is 1. The summed E-state index contributed by atoms with van der Waals surface area (Å²) in [6, 6.07) is 10.7. The standard InChI is InChI=1S/C16H12N4O5S2/c21-15(11-1-5-13(6-2-11)20(22)23)18-12-3-7-14(8-4-12)27(24,25)19-16-17-9-10-26-16/h1-10H,(H,17,19)(H,18,21). The minimum absolute atomic E-state index is 0.0195. The maximum atomic E-state index is 12.3. The number of sulfonamides is 1. The molecule has 0 saturated heterocycles. The van der Waals surface area contributed by atoms with Crippen LogP contribution in [0.3, 0.4) is 0 Å². The second kappa shape index (κ2) is 7.51. The van der Waals surface area contributed by atoms with Gasteiger partial charge in [0.15, 0.2) is 5.13 Å². The Bertz CT molecular complexity index is 1060. The largest absolute Gasteiger partial charge is 0.322 e. The second-order valence-corrected chi connectivity index (χ2v) is 7.80. The number of nitrogens with one attached hydrogen (secondary N) is 2. The summed E-state index contributed by atoms with van der Waals surface area (Å²) in [4.78, 5) is 26.1. The van der Waals surface area contributed by atoms with Gasteiger partial charge in [0.25, 0.3) is 21.6 Å². The molecular weight excluding hydrogens is 392 g/mol. The fraction of sp³-hybridized carbons (Fsp3) is 0. The van der Waals surface area contributed by atoms with Crippen LogP contribution in [0.1, 0.15) is 10.4 Å². The molecule has 0 radical (unpaired) electrons. The molecule has 0 fully saturated rings. The number of nitro groups is 1. The number of carbonyl (C=O) groups is 1. The van der Waals surface area contributed by atoms with Crippen LogP contribution in [0.4, 0.5) is 16.5 Å². The van der Waals surface area contributed by atoms with Crippen LogP contribution in [0.25, 0.3) is 0 Å². The van der Waals surface area contributed by atoms with Crippen molar-refractivity contribution in [3.05, 3.63) is 75.8 Å². The van der Waals surface area contributed by atoms with Gasteiger partial charge in [0, 0.05) is 35.0 Å². The highest BCUT2D eigenvalue weighted by Gasteiger charge is 2.16. The molecule has 0 aliphatic rings. The Kier molecular flexibility index (Phi) is 5.14. The van der Waals surface area contributed by atoms with Crippen molar-refractivity contribution in [2.45, 2.75) is 4.90 Å². The lowest BCUT2D eigenvalue weighted by Crippen LogP contribution is -2.14. The van der Waals surface area contributed by atoms with Crippen LogP contribution in [0, 0.1) is 10.1 Å². The van der Waals surface area contributed by atoms with Crippen molar-refractivity contribution in [2.75, 3.05) is 10.0 Å². The van der Waals surface area contributed by atoms with Gasteiger partial charge in [-0.2, -0.15) is 0 Å². The van der Waals surface area contributed by atoms with Gasteiger partial charge in [-0.1, -0.05) is 0 Å². The van der Waals surface area contributed by atoms with Crippen molar-refractivity contribution >= 4 is 43.8 Å². The first kappa shape index (κ1) is 18.5. The lowest BCUT2D eigenvalue weighted by molar-refractivity contribution is -0.384. The molecule has 0 atom stereocenters. The molecule has 138 valence electrons. The number of hydrogen-bond donors (Lipinski definition) is 2. The predicted molar refractivity (Wildman–Crippen MR) is 100 cm³/mol. The maximum Gasteiger partial charge on any atom is 0.269 e. The van der Waals surface area contributed by atoms with E-state index >= 15 is 0 Å². The van der Waals surface area contributed by atoms with E-state index in [1.165, 1.54) is 54.7 Å². The zero-order valence-corrected chi connectivity index (χ0v) is 15.2. The summed E-state index contributed by atoms with van der Waals surface area (Å²) < 4.78 is 26.9. The fourth-order valence-corrected chi connectivity index (χ4v) is 3.89. The molecule has 11 heteroatoms. The summed E-state index contributed by atoms with van der Waals surface area (Å²) in [5.41, 5.74) is 0.503. The van der Waals surface area contributed by atoms with Gasteiger partial charge < -0.3 is 5.32 Å². The van der Waals surface area contributed by atoms with E-state index in [0.717, 1.165) is 11.3 Å². The van der Waals surface area contributed by atoms with Gasteiger partial charge in [0.05, 0.1) is 9.82 Å². The number of anilines is 2. The molecule has 1 amide bonds. The molecule has 0 bridgehead atoms. The summed E-state index contributed by atoms with van der Waals surface area (Å²) >= 11 is 1.16. The zero-order valence-electron chi connectivity index (χ0n) is 13.5. The van der Waals surface area contributed by atoms with Crippen LogP contribution >= 0.6 is 11.3 Å². The van der Waals surface area contributed by atoms with Crippen molar-refractivity contribution in [1.29, 1.82) is 0 Å². The Hall–Kier alpha value is -3.31. The van der Waals surface area contributed by atoms with E-state index in [0.29, 0.717) is 5.69 Å². The van der Waals surface area contributed by atoms with Gasteiger partial charge in [-0.05, 0) is 36.4 Å². The minimum atomic E-state index is -3.77. The van der Waals surface area contributed by atoms with E-state index < -0.39 is 20.9 Å². The van der Waals surface area contributed by atoms with Crippen molar-refractivity contribution < 1.29 is 18.1 Å². The lowest BCUT2D eigenvalue weighted by atomic mass is 10.2. The molecule has 0 saturated carbocycles. The normalized spacial score (nSPS) is 11.0. The van der Waals surface area contributed by atoms with E-state index in [1.807, 2.05) is 0 Å². The van der Waals surface area contributed by atoms with Crippen LogP contribution < -0.4 is 10.0 Å². The van der Waals surface area contributed by atoms with Gasteiger partial charge in [-0.15, -0.1) is 11.3 Å². The van der Waals surface area contributed by atoms with Crippen LogP contribution in [0.15, 0.2) is 65.0 Å². The average Bonchev–Trinajstić information content (AvgIpc) is 3.14. The zero-order chi connectivity index (χ0) is 19.4. The first-order chi connectivity index (χ1) is 12.8. The summed E-state index contributed by atoms with van der Waals surface area (Å²) in [6.45, 7) is 0. The number of aromatic nitrogens is 1. The molecule has 2 N–H and O–H groups in total. The molecule has 0 aliphatic heterocycles.